The first kappa shape index (κ1) is 40.4. The van der Waals surface area contributed by atoms with E-state index >= 15 is 0 Å². The van der Waals surface area contributed by atoms with Gasteiger partial charge in [0.15, 0.2) is 0 Å². The second kappa shape index (κ2) is 28.8. The third kappa shape index (κ3) is 21.2. The summed E-state index contributed by atoms with van der Waals surface area (Å²) in [5, 5.41) is 17.7. The fourth-order valence-electron chi connectivity index (χ4n) is 6.89. The van der Waals surface area contributed by atoms with Gasteiger partial charge in [-0.25, -0.2) is 0 Å². The van der Waals surface area contributed by atoms with Gasteiger partial charge in [-0.2, -0.15) is 0 Å². The highest BCUT2D eigenvalue weighted by molar-refractivity contribution is 5.69. The number of carbonyl (C=O) groups is 2. The molecule has 4 unspecified atom stereocenters. The number of hydrogen-bond acceptors (Lipinski definition) is 4. The molecule has 44 heavy (non-hydrogen) atoms. The third-order valence-corrected chi connectivity index (χ3v) is 9.53. The molecule has 5 heteroatoms. The van der Waals surface area contributed by atoms with Crippen LogP contribution in [0, 0.1) is 23.7 Å². The summed E-state index contributed by atoms with van der Waals surface area (Å²) in [6, 6.07) is 0. The molecule has 0 bridgehead atoms. The Morgan fingerprint density at radius 3 is 1.86 bits per heavy atom. The van der Waals surface area contributed by atoms with Gasteiger partial charge in [-0.3, -0.25) is 9.59 Å². The summed E-state index contributed by atoms with van der Waals surface area (Å²) in [5.41, 5.74) is 0. The fourth-order valence-corrected chi connectivity index (χ4v) is 6.89. The molecular formula is C39H70O5. The smallest absolute Gasteiger partial charge is 0.305 e. The molecule has 1 aliphatic rings. The molecule has 1 rings (SSSR count). The van der Waals surface area contributed by atoms with Crippen LogP contribution in [0.15, 0.2) is 24.3 Å². The first-order valence-corrected chi connectivity index (χ1v) is 18.9. The maximum atomic E-state index is 11.8. The van der Waals surface area contributed by atoms with E-state index in [9.17, 15) is 9.59 Å². The Morgan fingerprint density at radius 1 is 0.659 bits per heavy atom. The summed E-state index contributed by atoms with van der Waals surface area (Å²) in [4.78, 5) is 22.5. The molecule has 0 saturated carbocycles. The number of hydrogen-bond donors (Lipinski definition) is 2. The van der Waals surface area contributed by atoms with Gasteiger partial charge in [0.25, 0.3) is 0 Å². The van der Waals surface area contributed by atoms with Crippen molar-refractivity contribution in [3.8, 4) is 0 Å². The molecule has 5 nitrogen and oxygen atoms in total. The fraction of sp³-hybridized carbons (Fsp3) is 0.846. The van der Waals surface area contributed by atoms with E-state index in [0.717, 1.165) is 44.4 Å². The van der Waals surface area contributed by atoms with Crippen LogP contribution in [0.1, 0.15) is 174 Å². The Kier molecular flexibility index (Phi) is 26.5. The zero-order valence-corrected chi connectivity index (χ0v) is 28.8. The van der Waals surface area contributed by atoms with Crippen LogP contribution in [-0.4, -0.2) is 35.4 Å². The Morgan fingerprint density at radius 2 is 1.20 bits per heavy atom. The number of aliphatic hydroxyl groups excluding tert-OH is 1. The third-order valence-electron chi connectivity index (χ3n) is 9.53. The van der Waals surface area contributed by atoms with Gasteiger partial charge in [0.1, 0.15) is 0 Å². The predicted molar refractivity (Wildman–Crippen MR) is 185 cm³/mol. The van der Waals surface area contributed by atoms with Crippen molar-refractivity contribution in [3.05, 3.63) is 24.3 Å². The Labute approximate surface area is 271 Å². The Balaban J connectivity index is 2.68. The number of rotatable bonds is 30. The first-order chi connectivity index (χ1) is 21.5. The quantitative estimate of drug-likeness (QED) is 0.0475. The van der Waals surface area contributed by atoms with Gasteiger partial charge in [-0.15, -0.1) is 0 Å². The molecule has 0 amide bonds. The van der Waals surface area contributed by atoms with Crippen molar-refractivity contribution < 1.29 is 24.5 Å². The highest BCUT2D eigenvalue weighted by Gasteiger charge is 2.33. The van der Waals surface area contributed by atoms with Gasteiger partial charge < -0.3 is 14.9 Å². The van der Waals surface area contributed by atoms with Gasteiger partial charge in [0.05, 0.1) is 6.61 Å². The lowest BCUT2D eigenvalue weighted by Gasteiger charge is -2.39. The Hall–Kier alpha value is -1.62. The van der Waals surface area contributed by atoms with Crippen LogP contribution in [0.4, 0.5) is 0 Å². The van der Waals surface area contributed by atoms with Crippen LogP contribution in [-0.2, 0) is 14.3 Å². The minimum Gasteiger partial charge on any atom is -0.481 e. The maximum Gasteiger partial charge on any atom is 0.305 e. The van der Waals surface area contributed by atoms with Crippen LogP contribution in [0.2, 0.25) is 0 Å². The lowest BCUT2D eigenvalue weighted by atomic mass is 9.66. The second-order valence-electron chi connectivity index (χ2n) is 13.4. The molecule has 0 radical (unpaired) electrons. The standard InChI is InChI=1S/C39H70O5/c1-3-5-7-17-24-34-30-31-35(25-18-13-12-16-22-29-39(43)44-33-23-32-40)37(36(34)26-19-8-6-4-2)27-20-14-10-9-11-15-21-28-38(41)42/h20,27,30-31,34-37,40H,3-19,21-26,28-29,32-33H2,1-2H3,(H,41,42). The normalized spacial score (nSPS) is 20.0. The molecule has 0 aromatic heterocycles. The number of carbonyl (C=O) groups excluding carboxylic acids is 1. The van der Waals surface area contributed by atoms with Crippen molar-refractivity contribution in [1.82, 2.24) is 0 Å². The molecule has 0 saturated heterocycles. The molecule has 2 N–H and O–H groups in total. The molecule has 1 aliphatic carbocycles. The van der Waals surface area contributed by atoms with Crippen molar-refractivity contribution in [3.63, 3.8) is 0 Å². The summed E-state index contributed by atoms with van der Waals surface area (Å²) in [6.07, 6.45) is 38.4. The topological polar surface area (TPSA) is 83.8 Å². The van der Waals surface area contributed by atoms with Crippen LogP contribution < -0.4 is 0 Å². The van der Waals surface area contributed by atoms with E-state index in [1.807, 2.05) is 0 Å². The van der Waals surface area contributed by atoms with Crippen molar-refractivity contribution >= 4 is 11.9 Å². The van der Waals surface area contributed by atoms with E-state index in [1.165, 1.54) is 103 Å². The van der Waals surface area contributed by atoms with E-state index in [2.05, 4.69) is 38.2 Å². The van der Waals surface area contributed by atoms with Crippen LogP contribution >= 0.6 is 0 Å². The molecular weight excluding hydrogens is 548 g/mol. The van der Waals surface area contributed by atoms with Gasteiger partial charge >= 0.3 is 11.9 Å². The molecule has 256 valence electrons. The number of aliphatic carboxylic acids is 1. The lowest BCUT2D eigenvalue weighted by Crippen LogP contribution is -2.30. The van der Waals surface area contributed by atoms with E-state index < -0.39 is 5.97 Å². The highest BCUT2D eigenvalue weighted by Crippen LogP contribution is 2.43. The maximum absolute atomic E-state index is 11.8. The molecule has 4 atom stereocenters. The molecule has 0 aromatic carbocycles. The summed E-state index contributed by atoms with van der Waals surface area (Å²) in [5.74, 6) is 1.94. The van der Waals surface area contributed by atoms with Crippen LogP contribution in [0.3, 0.4) is 0 Å². The van der Waals surface area contributed by atoms with E-state index in [4.69, 9.17) is 14.9 Å². The molecule has 0 spiro atoms. The average Bonchev–Trinajstić information content (AvgIpc) is 3.01. The molecule has 0 fully saturated rings. The van der Waals surface area contributed by atoms with Gasteiger partial charge in [-0.05, 0) is 68.6 Å². The predicted octanol–water partition coefficient (Wildman–Crippen LogP) is 11.0. The first-order valence-electron chi connectivity index (χ1n) is 18.9. The van der Waals surface area contributed by atoms with Gasteiger partial charge in [0.2, 0.25) is 0 Å². The minimum absolute atomic E-state index is 0.0664. The van der Waals surface area contributed by atoms with Gasteiger partial charge in [0, 0.05) is 25.9 Å². The number of carboxylic acids is 1. The van der Waals surface area contributed by atoms with Crippen LogP contribution in [0.25, 0.3) is 0 Å². The number of carboxylic acid groups (broad SMARTS) is 1. The summed E-state index contributed by atoms with van der Waals surface area (Å²) in [6.45, 7) is 5.00. The number of allylic oxidation sites excluding steroid dienone is 4. The van der Waals surface area contributed by atoms with Crippen molar-refractivity contribution in [1.29, 1.82) is 0 Å². The zero-order chi connectivity index (χ0) is 32.1. The summed E-state index contributed by atoms with van der Waals surface area (Å²) >= 11 is 0. The molecule has 0 aromatic rings. The lowest BCUT2D eigenvalue weighted by molar-refractivity contribution is -0.144. The van der Waals surface area contributed by atoms with Crippen LogP contribution in [0.5, 0.6) is 0 Å². The minimum atomic E-state index is -0.676. The van der Waals surface area contributed by atoms with E-state index in [0.29, 0.717) is 43.6 Å². The van der Waals surface area contributed by atoms with E-state index in [1.54, 1.807) is 0 Å². The van der Waals surface area contributed by atoms with Crippen molar-refractivity contribution in [2.75, 3.05) is 13.2 Å². The molecule has 0 aliphatic heterocycles. The second-order valence-corrected chi connectivity index (χ2v) is 13.4. The summed E-state index contributed by atoms with van der Waals surface area (Å²) in [7, 11) is 0. The number of ether oxygens (including phenoxy) is 1. The Bertz CT molecular complexity index is 745. The summed E-state index contributed by atoms with van der Waals surface area (Å²) < 4.78 is 5.14. The number of esters is 1. The van der Waals surface area contributed by atoms with E-state index in [-0.39, 0.29) is 12.6 Å². The van der Waals surface area contributed by atoms with Gasteiger partial charge in [-0.1, -0.05) is 134 Å². The average molecular weight is 619 g/mol. The molecule has 0 heterocycles. The number of aliphatic hydroxyl groups is 1. The SMILES string of the molecule is CCCCCCC1C=CC(CCCCCCCC(=O)OCCCO)C(C=CCCCCCCCC(=O)O)C1CCCCCC. The highest BCUT2D eigenvalue weighted by atomic mass is 16.5. The monoisotopic (exact) mass is 619 g/mol. The number of unbranched alkanes of at least 4 members (excludes halogenated alkanes) is 15. The largest absolute Gasteiger partial charge is 0.481 e. The van der Waals surface area contributed by atoms with Crippen molar-refractivity contribution in [2.24, 2.45) is 23.7 Å². The van der Waals surface area contributed by atoms with Crippen molar-refractivity contribution in [2.45, 2.75) is 174 Å². The zero-order valence-electron chi connectivity index (χ0n) is 28.8.